The molecule has 5 nitrogen and oxygen atoms in total. The first kappa shape index (κ1) is 14.1. The second-order valence-corrected chi connectivity index (χ2v) is 5.82. The lowest BCUT2D eigenvalue weighted by molar-refractivity contribution is -0.141. The quantitative estimate of drug-likeness (QED) is 0.858. The first-order valence-electron chi connectivity index (χ1n) is 5.74. The van der Waals surface area contributed by atoms with E-state index in [1.54, 1.807) is 0 Å². The maximum atomic E-state index is 10.8. The van der Waals surface area contributed by atoms with Crippen LogP contribution in [0.5, 0.6) is 0 Å². The average Bonchev–Trinajstić information content (AvgIpc) is 3.03. The molecule has 0 bridgehead atoms. The Kier molecular flexibility index (Phi) is 4.62. The summed E-state index contributed by atoms with van der Waals surface area (Å²) in [5, 5.41) is 14.4. The molecule has 7 heteroatoms. The van der Waals surface area contributed by atoms with Gasteiger partial charge in [0.2, 0.25) is 0 Å². The summed E-state index contributed by atoms with van der Waals surface area (Å²) < 4.78 is 4.98. The molecule has 0 aliphatic rings. The molecule has 1 unspecified atom stereocenters. The van der Waals surface area contributed by atoms with Crippen LogP contribution in [0.4, 0.5) is 0 Å². The third kappa shape index (κ3) is 3.59. The molecule has 0 amide bonds. The first-order chi connectivity index (χ1) is 9.10. The van der Waals surface area contributed by atoms with Crippen molar-refractivity contribution in [3.05, 3.63) is 21.5 Å². The molecule has 2 aromatic rings. The van der Waals surface area contributed by atoms with E-state index < -0.39 is 0 Å². The Morgan fingerprint density at radius 3 is 2.84 bits per heavy atom. The van der Waals surface area contributed by atoms with Gasteiger partial charge < -0.3 is 9.84 Å². The molecule has 2 heterocycles. The van der Waals surface area contributed by atoms with Crippen molar-refractivity contribution in [2.75, 3.05) is 6.61 Å². The lowest BCUT2D eigenvalue weighted by Crippen LogP contribution is -2.07. The first-order valence-corrected chi connectivity index (χ1v) is 7.50. The van der Waals surface area contributed by atoms with E-state index in [4.69, 9.17) is 9.84 Å². The van der Waals surface area contributed by atoms with Gasteiger partial charge in [0.05, 0.1) is 17.3 Å². The summed E-state index contributed by atoms with van der Waals surface area (Å²) in [6.07, 6.45) is 0. The molecule has 0 saturated carbocycles. The third-order valence-corrected chi connectivity index (χ3v) is 4.40. The second kappa shape index (κ2) is 6.23. The number of ether oxygens (including phenoxy) is 1. The van der Waals surface area contributed by atoms with Gasteiger partial charge in [-0.15, -0.1) is 22.7 Å². The molecular weight excluding hydrogens is 284 g/mol. The summed E-state index contributed by atoms with van der Waals surface area (Å²) in [5.41, 5.74) is 1.46. The van der Waals surface area contributed by atoms with Gasteiger partial charge in [-0.25, -0.2) is 9.97 Å². The Bertz CT molecular complexity index is 565. The lowest BCUT2D eigenvalue weighted by atomic mass is 10.2. The molecule has 2 rings (SSSR count). The van der Waals surface area contributed by atoms with Crippen LogP contribution in [-0.2, 0) is 16.1 Å². The number of hydrogen-bond acceptors (Lipinski definition) is 7. The second-order valence-electron chi connectivity index (χ2n) is 4.08. The lowest BCUT2D eigenvalue weighted by Gasteiger charge is -2.07. The smallest absolute Gasteiger partial charge is 0.302 e. The largest absolute Gasteiger partial charge is 0.465 e. The highest BCUT2D eigenvalue weighted by Crippen LogP contribution is 2.28. The van der Waals surface area contributed by atoms with Gasteiger partial charge in [0.15, 0.2) is 0 Å². The molecule has 102 valence electrons. The Morgan fingerprint density at radius 2 is 2.21 bits per heavy atom. The fraction of sp³-hybridized carbons (Fsp3) is 0.417. The van der Waals surface area contributed by atoms with Gasteiger partial charge in [-0.2, -0.15) is 0 Å². The van der Waals surface area contributed by atoms with Gasteiger partial charge in [0, 0.05) is 23.6 Å². The van der Waals surface area contributed by atoms with Crippen LogP contribution in [0.2, 0.25) is 0 Å². The molecule has 0 spiro atoms. The molecule has 0 radical (unpaired) electrons. The minimum Gasteiger partial charge on any atom is -0.465 e. The van der Waals surface area contributed by atoms with Crippen LogP contribution in [0.1, 0.15) is 30.5 Å². The third-order valence-electron chi connectivity index (χ3n) is 2.41. The topological polar surface area (TPSA) is 72.3 Å². The molecule has 0 fully saturated rings. The van der Waals surface area contributed by atoms with E-state index in [1.807, 2.05) is 17.7 Å². The van der Waals surface area contributed by atoms with Crippen LogP contribution in [0.25, 0.3) is 10.7 Å². The van der Waals surface area contributed by atoms with E-state index in [0.29, 0.717) is 12.3 Å². The zero-order valence-electron chi connectivity index (χ0n) is 10.6. The zero-order valence-corrected chi connectivity index (χ0v) is 12.3. The average molecular weight is 298 g/mol. The number of rotatable bonds is 5. The molecule has 2 aromatic heterocycles. The van der Waals surface area contributed by atoms with Crippen LogP contribution in [-0.4, -0.2) is 27.7 Å². The Morgan fingerprint density at radius 1 is 1.42 bits per heavy atom. The van der Waals surface area contributed by atoms with Gasteiger partial charge in [-0.1, -0.05) is 6.92 Å². The number of carbonyl (C=O) groups excluding carboxylic acids is 1. The number of aromatic nitrogens is 2. The van der Waals surface area contributed by atoms with Gasteiger partial charge in [0.1, 0.15) is 17.3 Å². The monoisotopic (exact) mass is 298 g/mol. The van der Waals surface area contributed by atoms with Crippen molar-refractivity contribution in [1.29, 1.82) is 0 Å². The number of esters is 1. The Balaban J connectivity index is 2.07. The van der Waals surface area contributed by atoms with Crippen molar-refractivity contribution >= 4 is 28.6 Å². The highest BCUT2D eigenvalue weighted by molar-refractivity contribution is 7.14. The van der Waals surface area contributed by atoms with Gasteiger partial charge >= 0.3 is 5.97 Å². The van der Waals surface area contributed by atoms with Crippen LogP contribution >= 0.6 is 22.7 Å². The SMILES string of the molecule is CC(=O)OCC(C)c1nc(-c2nc(CO)cs2)cs1. The highest BCUT2D eigenvalue weighted by Gasteiger charge is 2.14. The number of thiazole rings is 2. The molecule has 0 aromatic carbocycles. The number of carbonyl (C=O) groups is 1. The molecule has 0 saturated heterocycles. The van der Waals surface area contributed by atoms with Crippen molar-refractivity contribution in [3.63, 3.8) is 0 Å². The van der Waals surface area contributed by atoms with Crippen LogP contribution in [0, 0.1) is 0 Å². The number of hydrogen-bond donors (Lipinski definition) is 1. The van der Waals surface area contributed by atoms with E-state index in [9.17, 15) is 4.79 Å². The van der Waals surface area contributed by atoms with Crippen LogP contribution in [0.15, 0.2) is 10.8 Å². The van der Waals surface area contributed by atoms with Gasteiger partial charge in [-0.3, -0.25) is 4.79 Å². The number of aliphatic hydroxyl groups is 1. The number of nitrogens with zero attached hydrogens (tertiary/aromatic N) is 2. The number of aliphatic hydroxyl groups excluding tert-OH is 1. The summed E-state index contributed by atoms with van der Waals surface area (Å²) in [4.78, 5) is 19.5. The summed E-state index contributed by atoms with van der Waals surface area (Å²) in [6, 6.07) is 0. The zero-order chi connectivity index (χ0) is 13.8. The predicted octanol–water partition coefficient (Wildman–Crippen LogP) is 2.43. The fourth-order valence-corrected chi connectivity index (χ4v) is 3.12. The standard InChI is InChI=1S/C12H14N2O3S2/c1-7(4-17-8(2)16)11-14-10(6-19-11)12-13-9(3-15)5-18-12/h5-7,15H,3-4H2,1-2H3. The van der Waals surface area contributed by atoms with Gasteiger partial charge in [-0.05, 0) is 0 Å². The Hall–Kier alpha value is -1.31. The Labute approximate surface area is 118 Å². The van der Waals surface area contributed by atoms with Crippen molar-refractivity contribution in [1.82, 2.24) is 9.97 Å². The van der Waals surface area contributed by atoms with Crippen molar-refractivity contribution < 1.29 is 14.6 Å². The summed E-state index contributed by atoms with van der Waals surface area (Å²) in [5.74, 6) is -0.212. The van der Waals surface area contributed by atoms with Crippen LogP contribution < -0.4 is 0 Å². The highest BCUT2D eigenvalue weighted by atomic mass is 32.1. The molecule has 19 heavy (non-hydrogen) atoms. The normalized spacial score (nSPS) is 12.4. The van der Waals surface area contributed by atoms with E-state index in [1.165, 1.54) is 29.6 Å². The van der Waals surface area contributed by atoms with E-state index in [0.717, 1.165) is 15.7 Å². The molecule has 1 atom stereocenters. The van der Waals surface area contributed by atoms with Crippen molar-refractivity contribution in [2.24, 2.45) is 0 Å². The molecule has 0 aliphatic heterocycles. The van der Waals surface area contributed by atoms with Crippen molar-refractivity contribution in [3.8, 4) is 10.7 Å². The minimum atomic E-state index is -0.281. The van der Waals surface area contributed by atoms with Crippen molar-refractivity contribution in [2.45, 2.75) is 26.4 Å². The summed E-state index contributed by atoms with van der Waals surface area (Å²) in [7, 11) is 0. The van der Waals surface area contributed by atoms with Crippen LogP contribution in [0.3, 0.4) is 0 Å². The summed E-state index contributed by atoms with van der Waals surface area (Å²) in [6.45, 7) is 3.64. The maximum Gasteiger partial charge on any atom is 0.302 e. The van der Waals surface area contributed by atoms with E-state index >= 15 is 0 Å². The van der Waals surface area contributed by atoms with E-state index in [2.05, 4.69) is 9.97 Å². The minimum absolute atomic E-state index is 0.0592. The fourth-order valence-electron chi connectivity index (χ4n) is 1.42. The van der Waals surface area contributed by atoms with E-state index in [-0.39, 0.29) is 18.5 Å². The molecule has 0 aliphatic carbocycles. The summed E-state index contributed by atoms with van der Waals surface area (Å²) >= 11 is 2.98. The van der Waals surface area contributed by atoms with Gasteiger partial charge in [0.25, 0.3) is 0 Å². The molecule has 1 N–H and O–H groups in total. The molecular formula is C12H14N2O3S2. The predicted molar refractivity (Wildman–Crippen MR) is 74.2 cm³/mol. The maximum absolute atomic E-state index is 10.8.